The Morgan fingerprint density at radius 3 is 2.50 bits per heavy atom. The number of likely N-dealkylation sites (N-methyl/N-ethyl adjacent to an activating group) is 1. The molecule has 2 aromatic rings. The number of rotatable bonds is 6. The van der Waals surface area contributed by atoms with Gasteiger partial charge in [-0.2, -0.15) is 4.31 Å². The van der Waals surface area contributed by atoms with E-state index in [0.29, 0.717) is 31.9 Å². The standard InChI is InChI=1S/C21H22ClFN2O4S/c1-24(15-18-19(22)3-2-4-20(18)23)21(26)10-7-16-5-8-17(9-6-16)30(27,28)25-11-13-29-14-12-25/h2-10H,11-15H2,1H3/b10-7+. The number of nitrogens with zero attached hydrogens (tertiary/aromatic N) is 2. The van der Waals surface area contributed by atoms with E-state index in [1.165, 1.54) is 39.5 Å². The first-order valence-electron chi connectivity index (χ1n) is 9.33. The predicted molar refractivity (Wildman–Crippen MR) is 113 cm³/mol. The second-order valence-electron chi connectivity index (χ2n) is 6.81. The van der Waals surface area contributed by atoms with Crippen molar-refractivity contribution >= 4 is 33.6 Å². The number of hydrogen-bond donors (Lipinski definition) is 0. The summed E-state index contributed by atoms with van der Waals surface area (Å²) in [5, 5.41) is 0.260. The highest BCUT2D eigenvalue weighted by Gasteiger charge is 2.26. The van der Waals surface area contributed by atoms with E-state index in [1.54, 1.807) is 31.3 Å². The largest absolute Gasteiger partial charge is 0.379 e. The Bertz CT molecular complexity index is 1020. The Morgan fingerprint density at radius 2 is 1.87 bits per heavy atom. The minimum atomic E-state index is -3.56. The van der Waals surface area contributed by atoms with Crippen LogP contribution in [-0.2, 0) is 26.1 Å². The van der Waals surface area contributed by atoms with Crippen molar-refractivity contribution in [3.05, 3.63) is 70.5 Å². The summed E-state index contributed by atoms with van der Waals surface area (Å²) in [7, 11) is -2.01. The van der Waals surface area contributed by atoms with Gasteiger partial charge in [-0.1, -0.05) is 29.8 Å². The van der Waals surface area contributed by atoms with Gasteiger partial charge in [-0.05, 0) is 35.9 Å². The molecular formula is C21H22ClFN2O4S. The molecule has 6 nitrogen and oxygen atoms in total. The zero-order chi connectivity index (χ0) is 21.7. The zero-order valence-corrected chi connectivity index (χ0v) is 18.0. The SMILES string of the molecule is CN(Cc1c(F)cccc1Cl)C(=O)/C=C/c1ccc(S(=O)(=O)N2CCOCC2)cc1. The van der Waals surface area contributed by atoms with Gasteiger partial charge in [0, 0.05) is 43.3 Å². The van der Waals surface area contributed by atoms with Gasteiger partial charge in [0.15, 0.2) is 0 Å². The molecule has 0 aromatic heterocycles. The Hall–Kier alpha value is -2.26. The molecule has 0 N–H and O–H groups in total. The average molecular weight is 453 g/mol. The van der Waals surface area contributed by atoms with E-state index in [0.717, 1.165) is 0 Å². The van der Waals surface area contributed by atoms with E-state index < -0.39 is 15.8 Å². The monoisotopic (exact) mass is 452 g/mol. The van der Waals surface area contributed by atoms with Crippen molar-refractivity contribution in [2.45, 2.75) is 11.4 Å². The quantitative estimate of drug-likeness (QED) is 0.631. The molecule has 1 amide bonds. The summed E-state index contributed by atoms with van der Waals surface area (Å²) in [5.41, 5.74) is 0.919. The summed E-state index contributed by atoms with van der Waals surface area (Å²) in [6.45, 7) is 1.46. The third-order valence-electron chi connectivity index (χ3n) is 4.74. The molecule has 3 rings (SSSR count). The number of hydrogen-bond acceptors (Lipinski definition) is 4. The van der Waals surface area contributed by atoms with E-state index >= 15 is 0 Å². The molecule has 1 aliphatic rings. The fourth-order valence-corrected chi connectivity index (χ4v) is 4.61. The van der Waals surface area contributed by atoms with Crippen LogP contribution in [-0.4, -0.2) is 56.9 Å². The molecule has 9 heteroatoms. The highest BCUT2D eigenvalue weighted by Crippen LogP contribution is 2.21. The van der Waals surface area contributed by atoms with Crippen LogP contribution in [0.15, 0.2) is 53.4 Å². The lowest BCUT2D eigenvalue weighted by Gasteiger charge is -2.26. The van der Waals surface area contributed by atoms with Crippen molar-refractivity contribution in [2.75, 3.05) is 33.4 Å². The van der Waals surface area contributed by atoms with Crippen LogP contribution in [0.1, 0.15) is 11.1 Å². The number of amides is 1. The number of morpholine rings is 1. The van der Waals surface area contributed by atoms with Crippen LogP contribution in [0.25, 0.3) is 6.08 Å². The smallest absolute Gasteiger partial charge is 0.246 e. The molecule has 160 valence electrons. The van der Waals surface area contributed by atoms with Gasteiger partial charge in [0.2, 0.25) is 15.9 Å². The van der Waals surface area contributed by atoms with Crippen molar-refractivity contribution in [3.8, 4) is 0 Å². The summed E-state index contributed by atoms with van der Waals surface area (Å²) in [4.78, 5) is 13.9. The van der Waals surface area contributed by atoms with Gasteiger partial charge in [0.05, 0.1) is 18.1 Å². The van der Waals surface area contributed by atoms with Crippen molar-refractivity contribution in [1.29, 1.82) is 0 Å². The molecule has 0 atom stereocenters. The third kappa shape index (κ3) is 5.26. The fraction of sp³-hybridized carbons (Fsp3) is 0.286. The fourth-order valence-electron chi connectivity index (χ4n) is 2.98. The van der Waals surface area contributed by atoms with Gasteiger partial charge in [0.25, 0.3) is 0 Å². The Morgan fingerprint density at radius 1 is 1.20 bits per heavy atom. The van der Waals surface area contributed by atoms with Crippen molar-refractivity contribution in [3.63, 3.8) is 0 Å². The number of sulfonamides is 1. The second-order valence-corrected chi connectivity index (χ2v) is 9.16. The number of benzene rings is 2. The van der Waals surface area contributed by atoms with E-state index in [2.05, 4.69) is 0 Å². The lowest BCUT2D eigenvalue weighted by molar-refractivity contribution is -0.125. The third-order valence-corrected chi connectivity index (χ3v) is 7.01. The average Bonchev–Trinajstić information content (AvgIpc) is 2.75. The molecule has 1 heterocycles. The maximum Gasteiger partial charge on any atom is 0.246 e. The number of carbonyl (C=O) groups excluding carboxylic acids is 1. The van der Waals surface area contributed by atoms with Crippen molar-refractivity contribution in [2.24, 2.45) is 0 Å². The maximum atomic E-state index is 13.9. The summed E-state index contributed by atoms with van der Waals surface area (Å²) in [6, 6.07) is 10.7. The highest BCUT2D eigenvalue weighted by atomic mass is 35.5. The number of halogens is 2. The molecular weight excluding hydrogens is 431 g/mol. The summed E-state index contributed by atoms with van der Waals surface area (Å²) < 4.78 is 45.8. The minimum Gasteiger partial charge on any atom is -0.379 e. The molecule has 1 aliphatic heterocycles. The molecule has 0 spiro atoms. The van der Waals surface area contributed by atoms with Crippen molar-refractivity contribution in [1.82, 2.24) is 9.21 Å². The summed E-state index contributed by atoms with van der Waals surface area (Å²) in [5.74, 6) is -0.803. The normalized spacial score (nSPS) is 15.4. The first-order valence-corrected chi connectivity index (χ1v) is 11.1. The lowest BCUT2D eigenvalue weighted by Crippen LogP contribution is -2.40. The van der Waals surface area contributed by atoms with Crippen LogP contribution >= 0.6 is 11.6 Å². The van der Waals surface area contributed by atoms with Crippen LogP contribution in [0.2, 0.25) is 5.02 Å². The van der Waals surface area contributed by atoms with E-state index in [-0.39, 0.29) is 27.9 Å². The first kappa shape index (κ1) is 22.4. The molecule has 0 saturated carbocycles. The van der Waals surface area contributed by atoms with Gasteiger partial charge in [-0.3, -0.25) is 4.79 Å². The first-order chi connectivity index (χ1) is 14.3. The van der Waals surface area contributed by atoms with E-state index in [9.17, 15) is 17.6 Å². The maximum absolute atomic E-state index is 13.9. The van der Waals surface area contributed by atoms with Crippen LogP contribution in [0.4, 0.5) is 4.39 Å². The van der Waals surface area contributed by atoms with Crippen LogP contribution in [0.5, 0.6) is 0 Å². The van der Waals surface area contributed by atoms with E-state index in [4.69, 9.17) is 16.3 Å². The molecule has 0 unspecified atom stereocenters. The van der Waals surface area contributed by atoms with Crippen LogP contribution in [0, 0.1) is 5.82 Å². The highest BCUT2D eigenvalue weighted by molar-refractivity contribution is 7.89. The minimum absolute atomic E-state index is 0.0331. The molecule has 0 bridgehead atoms. The van der Waals surface area contributed by atoms with Gasteiger partial charge in [0.1, 0.15) is 5.82 Å². The van der Waals surface area contributed by atoms with Crippen LogP contribution in [0.3, 0.4) is 0 Å². The molecule has 1 fully saturated rings. The zero-order valence-electron chi connectivity index (χ0n) is 16.4. The van der Waals surface area contributed by atoms with E-state index in [1.807, 2.05) is 0 Å². The molecule has 1 saturated heterocycles. The molecule has 0 aliphatic carbocycles. The van der Waals surface area contributed by atoms with Crippen LogP contribution < -0.4 is 0 Å². The van der Waals surface area contributed by atoms with Gasteiger partial charge in [-0.15, -0.1) is 0 Å². The molecule has 0 radical (unpaired) electrons. The van der Waals surface area contributed by atoms with Gasteiger partial charge in [-0.25, -0.2) is 12.8 Å². The second kappa shape index (κ2) is 9.70. The number of ether oxygens (including phenoxy) is 1. The number of carbonyl (C=O) groups is 1. The Labute approximate surface area is 180 Å². The predicted octanol–water partition coefficient (Wildman–Crippen LogP) is 3.17. The van der Waals surface area contributed by atoms with Crippen molar-refractivity contribution < 1.29 is 22.3 Å². The molecule has 30 heavy (non-hydrogen) atoms. The summed E-state index contributed by atoms with van der Waals surface area (Å²) in [6.07, 6.45) is 2.92. The summed E-state index contributed by atoms with van der Waals surface area (Å²) >= 11 is 6.00. The Kier molecular flexibility index (Phi) is 7.25. The Balaban J connectivity index is 1.65. The molecule has 2 aromatic carbocycles. The lowest BCUT2D eigenvalue weighted by atomic mass is 10.2. The van der Waals surface area contributed by atoms with Gasteiger partial charge < -0.3 is 9.64 Å². The van der Waals surface area contributed by atoms with Gasteiger partial charge >= 0.3 is 0 Å². The topological polar surface area (TPSA) is 66.9 Å².